The van der Waals surface area contributed by atoms with E-state index in [1.807, 2.05) is 0 Å². The van der Waals surface area contributed by atoms with Gasteiger partial charge < -0.3 is 10.4 Å². The minimum Gasteiger partial charge on any atom is -0.481 e. The summed E-state index contributed by atoms with van der Waals surface area (Å²) in [6, 6.07) is 4.21. The summed E-state index contributed by atoms with van der Waals surface area (Å²) >= 11 is 6.04. The molecular weight excluding hydrogens is 285 g/mol. The molecule has 0 radical (unpaired) electrons. The van der Waals surface area contributed by atoms with Gasteiger partial charge in [0, 0.05) is 17.0 Å². The Bertz CT molecular complexity index is 557. The number of hydrogen-bond acceptors (Lipinski definition) is 2. The number of carbonyl (C=O) groups excluding carboxylic acids is 1. The highest BCUT2D eigenvalue weighted by molar-refractivity contribution is 6.31. The number of aliphatic carboxylic acids is 1. The third-order valence-corrected chi connectivity index (χ3v) is 4.03. The quantitative estimate of drug-likeness (QED) is 0.820. The standard InChI is InChI=1S/C14H15ClFNO3/c1-8(13(19)20)12(18)17-7-14(4-5-14)10-3-2-9(16)6-11(10)15/h2-3,6,8H,4-5,7H2,1H3,(H,17,18)(H,19,20). The van der Waals surface area contributed by atoms with E-state index in [1.54, 1.807) is 6.07 Å². The Hall–Kier alpha value is -1.62. The second-order valence-electron chi connectivity index (χ2n) is 5.18. The van der Waals surface area contributed by atoms with Gasteiger partial charge in [-0.1, -0.05) is 17.7 Å². The van der Waals surface area contributed by atoms with Gasteiger partial charge in [-0.05, 0) is 37.5 Å². The average molecular weight is 300 g/mol. The Kier molecular flexibility index (Phi) is 3.99. The predicted octanol–water partition coefficient (Wildman–Crippen LogP) is 2.35. The van der Waals surface area contributed by atoms with Crippen LogP contribution in [0.2, 0.25) is 5.02 Å². The van der Waals surface area contributed by atoms with Crippen LogP contribution in [0.5, 0.6) is 0 Å². The van der Waals surface area contributed by atoms with Crippen molar-refractivity contribution in [3.05, 3.63) is 34.6 Å². The molecule has 2 rings (SSSR count). The summed E-state index contributed by atoms with van der Waals surface area (Å²) in [4.78, 5) is 22.4. The van der Waals surface area contributed by atoms with Crippen LogP contribution in [0.25, 0.3) is 0 Å². The number of benzene rings is 1. The van der Waals surface area contributed by atoms with Crippen molar-refractivity contribution in [2.24, 2.45) is 5.92 Å². The molecule has 1 amide bonds. The Morgan fingerprint density at radius 3 is 2.65 bits per heavy atom. The molecule has 1 unspecified atom stereocenters. The number of halogens is 2. The molecule has 1 saturated carbocycles. The molecule has 1 aliphatic carbocycles. The molecule has 0 bridgehead atoms. The lowest BCUT2D eigenvalue weighted by atomic mass is 9.95. The van der Waals surface area contributed by atoms with Crippen LogP contribution < -0.4 is 5.32 Å². The van der Waals surface area contributed by atoms with Crippen molar-refractivity contribution in [1.82, 2.24) is 5.32 Å². The lowest BCUT2D eigenvalue weighted by Crippen LogP contribution is -2.38. The molecule has 20 heavy (non-hydrogen) atoms. The number of carbonyl (C=O) groups is 2. The molecule has 1 aromatic rings. The minimum atomic E-state index is -1.16. The van der Waals surface area contributed by atoms with E-state index in [0.29, 0.717) is 11.6 Å². The van der Waals surface area contributed by atoms with Crippen LogP contribution in [0.3, 0.4) is 0 Å². The predicted molar refractivity (Wildman–Crippen MR) is 72.1 cm³/mol. The van der Waals surface area contributed by atoms with Crippen molar-refractivity contribution in [1.29, 1.82) is 0 Å². The summed E-state index contributed by atoms with van der Waals surface area (Å²) in [5.41, 5.74) is 0.502. The molecular formula is C14H15ClFNO3. The first-order valence-electron chi connectivity index (χ1n) is 6.32. The molecule has 1 aromatic carbocycles. The van der Waals surface area contributed by atoms with E-state index in [1.165, 1.54) is 19.1 Å². The maximum Gasteiger partial charge on any atom is 0.315 e. The van der Waals surface area contributed by atoms with Gasteiger partial charge in [0.05, 0.1) is 0 Å². The van der Waals surface area contributed by atoms with Gasteiger partial charge in [0.15, 0.2) is 0 Å². The molecule has 0 spiro atoms. The first-order valence-corrected chi connectivity index (χ1v) is 6.69. The Morgan fingerprint density at radius 2 is 2.15 bits per heavy atom. The molecule has 108 valence electrons. The third-order valence-electron chi connectivity index (χ3n) is 3.72. The van der Waals surface area contributed by atoms with Gasteiger partial charge in [-0.3, -0.25) is 9.59 Å². The molecule has 1 atom stereocenters. The van der Waals surface area contributed by atoms with E-state index >= 15 is 0 Å². The molecule has 4 nitrogen and oxygen atoms in total. The van der Waals surface area contributed by atoms with Crippen LogP contribution in [0.15, 0.2) is 18.2 Å². The van der Waals surface area contributed by atoms with Crippen molar-refractivity contribution in [3.63, 3.8) is 0 Å². The lowest BCUT2D eigenvalue weighted by Gasteiger charge is -2.19. The molecule has 1 aliphatic rings. The fraction of sp³-hybridized carbons (Fsp3) is 0.429. The van der Waals surface area contributed by atoms with Gasteiger partial charge in [0.25, 0.3) is 0 Å². The largest absolute Gasteiger partial charge is 0.481 e. The van der Waals surface area contributed by atoms with Crippen LogP contribution in [-0.4, -0.2) is 23.5 Å². The van der Waals surface area contributed by atoms with Gasteiger partial charge in [0.2, 0.25) is 5.91 Å². The van der Waals surface area contributed by atoms with Crippen LogP contribution in [0.1, 0.15) is 25.3 Å². The van der Waals surface area contributed by atoms with Crippen LogP contribution in [0, 0.1) is 11.7 Å². The van der Waals surface area contributed by atoms with Crippen molar-refractivity contribution >= 4 is 23.5 Å². The summed E-state index contributed by atoms with van der Waals surface area (Å²) in [5.74, 6) is -3.18. The fourth-order valence-corrected chi connectivity index (χ4v) is 2.50. The topological polar surface area (TPSA) is 66.4 Å². The zero-order valence-corrected chi connectivity index (χ0v) is 11.7. The van der Waals surface area contributed by atoms with Gasteiger partial charge in [0.1, 0.15) is 11.7 Å². The molecule has 0 heterocycles. The molecule has 6 heteroatoms. The van der Waals surface area contributed by atoms with Crippen molar-refractivity contribution in [2.45, 2.75) is 25.2 Å². The third kappa shape index (κ3) is 2.93. The average Bonchev–Trinajstić information content (AvgIpc) is 3.15. The number of carboxylic acids is 1. The fourth-order valence-electron chi connectivity index (χ4n) is 2.13. The van der Waals surface area contributed by atoms with E-state index < -0.39 is 23.6 Å². The van der Waals surface area contributed by atoms with Gasteiger partial charge >= 0.3 is 5.97 Å². The second-order valence-corrected chi connectivity index (χ2v) is 5.59. The number of carboxylic acid groups (broad SMARTS) is 1. The minimum absolute atomic E-state index is 0.293. The summed E-state index contributed by atoms with van der Waals surface area (Å²) in [6.45, 7) is 1.65. The first kappa shape index (κ1) is 14.8. The zero-order valence-electron chi connectivity index (χ0n) is 11.0. The number of amides is 1. The normalized spacial score (nSPS) is 17.4. The van der Waals surface area contributed by atoms with Crippen LogP contribution in [0.4, 0.5) is 4.39 Å². The Balaban J connectivity index is 2.06. The molecule has 0 aromatic heterocycles. The Labute approximate surface area is 120 Å². The highest BCUT2D eigenvalue weighted by Crippen LogP contribution is 2.50. The summed E-state index contributed by atoms with van der Waals surface area (Å²) in [5, 5.41) is 11.7. The van der Waals surface area contributed by atoms with E-state index in [2.05, 4.69) is 5.32 Å². The summed E-state index contributed by atoms with van der Waals surface area (Å²) in [6.07, 6.45) is 1.67. The Morgan fingerprint density at radius 1 is 1.50 bits per heavy atom. The molecule has 0 saturated heterocycles. The van der Waals surface area contributed by atoms with Crippen LogP contribution in [-0.2, 0) is 15.0 Å². The number of nitrogens with one attached hydrogen (secondary N) is 1. The van der Waals surface area contributed by atoms with E-state index in [-0.39, 0.29) is 5.41 Å². The van der Waals surface area contributed by atoms with E-state index in [0.717, 1.165) is 18.4 Å². The van der Waals surface area contributed by atoms with Gasteiger partial charge in [-0.25, -0.2) is 4.39 Å². The number of rotatable bonds is 5. The second kappa shape index (κ2) is 5.40. The maximum absolute atomic E-state index is 13.0. The molecule has 1 fully saturated rings. The smallest absolute Gasteiger partial charge is 0.315 e. The lowest BCUT2D eigenvalue weighted by molar-refractivity contribution is -0.146. The molecule has 2 N–H and O–H groups in total. The number of hydrogen-bond donors (Lipinski definition) is 2. The van der Waals surface area contributed by atoms with Crippen molar-refractivity contribution < 1.29 is 19.1 Å². The van der Waals surface area contributed by atoms with Crippen LogP contribution >= 0.6 is 11.6 Å². The monoisotopic (exact) mass is 299 g/mol. The highest BCUT2D eigenvalue weighted by Gasteiger charge is 2.46. The first-order chi connectivity index (χ1) is 9.35. The maximum atomic E-state index is 13.0. The van der Waals surface area contributed by atoms with Gasteiger partial charge in [-0.2, -0.15) is 0 Å². The van der Waals surface area contributed by atoms with E-state index in [9.17, 15) is 14.0 Å². The van der Waals surface area contributed by atoms with Gasteiger partial charge in [-0.15, -0.1) is 0 Å². The van der Waals surface area contributed by atoms with Crippen molar-refractivity contribution in [3.8, 4) is 0 Å². The summed E-state index contributed by atoms with van der Waals surface area (Å²) in [7, 11) is 0. The summed E-state index contributed by atoms with van der Waals surface area (Å²) < 4.78 is 13.0. The molecule has 0 aliphatic heterocycles. The van der Waals surface area contributed by atoms with E-state index in [4.69, 9.17) is 16.7 Å². The SMILES string of the molecule is CC(C(=O)O)C(=O)NCC1(c2ccc(F)cc2Cl)CC1. The highest BCUT2D eigenvalue weighted by atomic mass is 35.5. The van der Waals surface area contributed by atoms with Crippen molar-refractivity contribution in [2.75, 3.05) is 6.54 Å². The zero-order chi connectivity index (χ0) is 14.9.